The molecule has 0 aliphatic rings. The molecule has 2 rings (SSSR count). The normalized spacial score (nSPS) is 12.7. The minimum absolute atomic E-state index is 0.364. The Bertz CT molecular complexity index is 545. The van der Waals surface area contributed by atoms with Crippen molar-refractivity contribution >= 4 is 17.2 Å². The van der Waals surface area contributed by atoms with Gasteiger partial charge in [0.05, 0.1) is 6.61 Å². The second-order valence-corrected chi connectivity index (χ2v) is 5.07. The Kier molecular flexibility index (Phi) is 4.74. The molecule has 1 heterocycles. The van der Waals surface area contributed by atoms with E-state index in [-0.39, 0.29) is 0 Å². The molecule has 102 valence electrons. The number of fused-ring (bicyclic) bond motifs is 1. The fraction of sp³-hybridized carbons (Fsp3) is 0.438. The van der Waals surface area contributed by atoms with Crippen molar-refractivity contribution in [2.24, 2.45) is 5.92 Å². The SMILES string of the molecule is COCCc1cn(CC(C)CC=O)c2ccccc12. The molecule has 1 unspecified atom stereocenters. The van der Waals surface area contributed by atoms with Crippen molar-refractivity contribution in [1.29, 1.82) is 0 Å². The molecular weight excluding hydrogens is 238 g/mol. The summed E-state index contributed by atoms with van der Waals surface area (Å²) in [7, 11) is 1.73. The van der Waals surface area contributed by atoms with Gasteiger partial charge in [0.15, 0.2) is 0 Å². The van der Waals surface area contributed by atoms with Gasteiger partial charge in [-0.05, 0) is 24.0 Å². The van der Waals surface area contributed by atoms with E-state index in [0.717, 1.165) is 25.9 Å². The van der Waals surface area contributed by atoms with Gasteiger partial charge < -0.3 is 14.1 Å². The zero-order valence-electron chi connectivity index (χ0n) is 11.6. The third kappa shape index (κ3) is 3.24. The van der Waals surface area contributed by atoms with Crippen molar-refractivity contribution in [2.75, 3.05) is 13.7 Å². The van der Waals surface area contributed by atoms with Crippen molar-refractivity contribution in [3.63, 3.8) is 0 Å². The van der Waals surface area contributed by atoms with E-state index in [1.165, 1.54) is 16.5 Å². The average Bonchev–Trinajstić information content (AvgIpc) is 2.75. The van der Waals surface area contributed by atoms with Crippen molar-refractivity contribution in [2.45, 2.75) is 26.3 Å². The minimum Gasteiger partial charge on any atom is -0.384 e. The van der Waals surface area contributed by atoms with E-state index in [4.69, 9.17) is 4.74 Å². The fourth-order valence-electron chi connectivity index (χ4n) is 2.46. The molecule has 0 amide bonds. The molecule has 0 saturated heterocycles. The summed E-state index contributed by atoms with van der Waals surface area (Å²) >= 11 is 0. The number of ether oxygens (including phenoxy) is 1. The molecule has 0 aliphatic heterocycles. The molecule has 0 spiro atoms. The summed E-state index contributed by atoms with van der Waals surface area (Å²) in [6.07, 6.45) is 4.74. The van der Waals surface area contributed by atoms with Crippen LogP contribution in [-0.4, -0.2) is 24.6 Å². The van der Waals surface area contributed by atoms with E-state index in [1.807, 2.05) is 0 Å². The van der Waals surface area contributed by atoms with E-state index in [9.17, 15) is 4.79 Å². The highest BCUT2D eigenvalue weighted by molar-refractivity contribution is 5.84. The van der Waals surface area contributed by atoms with E-state index in [0.29, 0.717) is 12.3 Å². The summed E-state index contributed by atoms with van der Waals surface area (Å²) in [5, 5.41) is 1.29. The van der Waals surface area contributed by atoms with Gasteiger partial charge in [0, 0.05) is 37.2 Å². The summed E-state index contributed by atoms with van der Waals surface area (Å²) in [6.45, 7) is 3.72. The van der Waals surface area contributed by atoms with Crippen LogP contribution in [0.2, 0.25) is 0 Å². The lowest BCUT2D eigenvalue weighted by Gasteiger charge is -2.10. The Morgan fingerprint density at radius 2 is 2.16 bits per heavy atom. The number of aromatic nitrogens is 1. The van der Waals surface area contributed by atoms with E-state index in [1.54, 1.807) is 7.11 Å². The lowest BCUT2D eigenvalue weighted by atomic mass is 10.1. The molecule has 3 heteroatoms. The molecule has 0 saturated carbocycles. The van der Waals surface area contributed by atoms with Crippen molar-refractivity contribution < 1.29 is 9.53 Å². The molecule has 3 nitrogen and oxygen atoms in total. The molecule has 19 heavy (non-hydrogen) atoms. The van der Waals surface area contributed by atoms with Gasteiger partial charge in [-0.3, -0.25) is 0 Å². The van der Waals surface area contributed by atoms with E-state index in [2.05, 4.69) is 42.0 Å². The van der Waals surface area contributed by atoms with Crippen LogP contribution in [0.4, 0.5) is 0 Å². The zero-order chi connectivity index (χ0) is 13.7. The molecule has 0 radical (unpaired) electrons. The van der Waals surface area contributed by atoms with Gasteiger partial charge in [-0.25, -0.2) is 0 Å². The second-order valence-electron chi connectivity index (χ2n) is 5.07. The van der Waals surface area contributed by atoms with Gasteiger partial charge in [0.25, 0.3) is 0 Å². The predicted molar refractivity (Wildman–Crippen MR) is 77.4 cm³/mol. The van der Waals surface area contributed by atoms with Crippen LogP contribution in [0.3, 0.4) is 0 Å². The van der Waals surface area contributed by atoms with Crippen LogP contribution in [0.25, 0.3) is 10.9 Å². The number of para-hydroxylation sites is 1. The highest BCUT2D eigenvalue weighted by Crippen LogP contribution is 2.23. The fourth-order valence-corrected chi connectivity index (χ4v) is 2.46. The topological polar surface area (TPSA) is 31.2 Å². The van der Waals surface area contributed by atoms with Crippen LogP contribution >= 0.6 is 0 Å². The summed E-state index contributed by atoms with van der Waals surface area (Å²) < 4.78 is 7.43. The quantitative estimate of drug-likeness (QED) is 0.716. The average molecular weight is 259 g/mol. The standard InChI is InChI=1S/C16H21NO2/c1-13(7-9-18)11-17-12-14(8-10-19-2)15-5-3-4-6-16(15)17/h3-6,9,12-13H,7-8,10-11H2,1-2H3. The molecule has 0 aliphatic carbocycles. The monoisotopic (exact) mass is 259 g/mol. The number of benzene rings is 1. The number of carbonyl (C=O) groups is 1. The predicted octanol–water partition coefficient (Wildman–Crippen LogP) is 3.06. The largest absolute Gasteiger partial charge is 0.384 e. The number of rotatable bonds is 7. The smallest absolute Gasteiger partial charge is 0.120 e. The molecule has 1 atom stereocenters. The highest BCUT2D eigenvalue weighted by Gasteiger charge is 2.10. The molecule has 1 aromatic heterocycles. The maximum Gasteiger partial charge on any atom is 0.120 e. The molecular formula is C16H21NO2. The van der Waals surface area contributed by atoms with Crippen LogP contribution in [0.1, 0.15) is 18.9 Å². The Hall–Kier alpha value is -1.61. The van der Waals surface area contributed by atoms with Crippen molar-refractivity contribution in [3.8, 4) is 0 Å². The first kappa shape index (κ1) is 13.8. The Labute approximate surface area is 114 Å². The number of hydrogen-bond acceptors (Lipinski definition) is 2. The van der Waals surface area contributed by atoms with Gasteiger partial charge in [-0.15, -0.1) is 0 Å². The molecule has 1 aromatic carbocycles. The van der Waals surface area contributed by atoms with Gasteiger partial charge in [0.1, 0.15) is 6.29 Å². The molecule has 0 bridgehead atoms. The van der Waals surface area contributed by atoms with Crippen LogP contribution < -0.4 is 0 Å². The van der Waals surface area contributed by atoms with Gasteiger partial charge in [0.2, 0.25) is 0 Å². The highest BCUT2D eigenvalue weighted by atomic mass is 16.5. The summed E-state index contributed by atoms with van der Waals surface area (Å²) in [4.78, 5) is 10.6. The van der Waals surface area contributed by atoms with Crippen LogP contribution in [-0.2, 0) is 22.5 Å². The van der Waals surface area contributed by atoms with Crippen molar-refractivity contribution in [3.05, 3.63) is 36.0 Å². The minimum atomic E-state index is 0.364. The van der Waals surface area contributed by atoms with E-state index < -0.39 is 0 Å². The van der Waals surface area contributed by atoms with Crippen LogP contribution in [0, 0.1) is 5.92 Å². The lowest BCUT2D eigenvalue weighted by molar-refractivity contribution is -0.108. The van der Waals surface area contributed by atoms with Gasteiger partial charge >= 0.3 is 0 Å². The first-order valence-corrected chi connectivity index (χ1v) is 6.75. The first-order chi connectivity index (χ1) is 9.26. The number of nitrogens with zero attached hydrogens (tertiary/aromatic N) is 1. The summed E-state index contributed by atoms with van der Waals surface area (Å²) in [6, 6.07) is 8.42. The zero-order valence-corrected chi connectivity index (χ0v) is 11.6. The lowest BCUT2D eigenvalue weighted by Crippen LogP contribution is -2.07. The molecule has 0 fully saturated rings. The Balaban J connectivity index is 2.30. The van der Waals surface area contributed by atoms with E-state index >= 15 is 0 Å². The summed E-state index contributed by atoms with van der Waals surface area (Å²) in [5.41, 5.74) is 2.56. The Morgan fingerprint density at radius 1 is 1.37 bits per heavy atom. The maximum absolute atomic E-state index is 10.6. The number of aldehydes is 1. The van der Waals surface area contributed by atoms with Crippen molar-refractivity contribution in [1.82, 2.24) is 4.57 Å². The number of hydrogen-bond donors (Lipinski definition) is 0. The first-order valence-electron chi connectivity index (χ1n) is 6.75. The third-order valence-corrected chi connectivity index (χ3v) is 3.45. The molecule has 2 aromatic rings. The third-order valence-electron chi connectivity index (χ3n) is 3.45. The van der Waals surface area contributed by atoms with Gasteiger partial charge in [-0.2, -0.15) is 0 Å². The van der Waals surface area contributed by atoms with Crippen LogP contribution in [0.5, 0.6) is 0 Å². The number of carbonyl (C=O) groups excluding carboxylic acids is 1. The number of methoxy groups -OCH3 is 1. The maximum atomic E-state index is 10.6. The molecule has 0 N–H and O–H groups in total. The van der Waals surface area contributed by atoms with Crippen LogP contribution in [0.15, 0.2) is 30.5 Å². The Morgan fingerprint density at radius 3 is 2.89 bits per heavy atom. The second kappa shape index (κ2) is 6.53. The van der Waals surface area contributed by atoms with Gasteiger partial charge in [-0.1, -0.05) is 25.1 Å². The summed E-state index contributed by atoms with van der Waals surface area (Å²) in [5.74, 6) is 0.364.